The maximum absolute atomic E-state index is 11.2. The zero-order valence-corrected chi connectivity index (χ0v) is 10.5. The summed E-state index contributed by atoms with van der Waals surface area (Å²) in [6, 6.07) is 10.2. The number of hydrogen-bond acceptors (Lipinski definition) is 3. The first-order valence-electron chi connectivity index (χ1n) is 5.77. The van der Waals surface area contributed by atoms with Crippen LogP contribution in [0, 0.1) is 6.92 Å². The van der Waals surface area contributed by atoms with Crippen molar-refractivity contribution in [2.24, 2.45) is 0 Å². The summed E-state index contributed by atoms with van der Waals surface area (Å²) in [5.41, 5.74) is 4.18. The number of aryl methyl sites for hydroxylation is 1. The number of esters is 1. The number of aromatic nitrogens is 1. The minimum absolute atomic E-state index is 0.252. The number of methoxy groups -OCH3 is 1. The molecule has 0 spiro atoms. The first kappa shape index (κ1) is 12.3. The number of pyridine rings is 1. The van der Waals surface area contributed by atoms with Crippen molar-refractivity contribution in [2.75, 3.05) is 7.11 Å². The predicted octanol–water partition coefficient (Wildman–Crippen LogP) is 2.77. The van der Waals surface area contributed by atoms with E-state index < -0.39 is 0 Å². The molecule has 0 saturated heterocycles. The van der Waals surface area contributed by atoms with Gasteiger partial charge in [-0.3, -0.25) is 9.78 Å². The topological polar surface area (TPSA) is 39.2 Å². The lowest BCUT2D eigenvalue weighted by Crippen LogP contribution is -2.04. The molecule has 0 fully saturated rings. The molecule has 3 heteroatoms. The Morgan fingerprint density at radius 2 is 2.06 bits per heavy atom. The van der Waals surface area contributed by atoms with Crippen molar-refractivity contribution in [1.82, 2.24) is 4.98 Å². The quantitative estimate of drug-likeness (QED) is 0.776. The Bertz CT molecular complexity index is 564. The summed E-state index contributed by atoms with van der Waals surface area (Å²) < 4.78 is 4.65. The largest absolute Gasteiger partial charge is 0.469 e. The van der Waals surface area contributed by atoms with E-state index in [-0.39, 0.29) is 12.4 Å². The molecular weight excluding hydrogens is 226 g/mol. The van der Waals surface area contributed by atoms with E-state index in [2.05, 4.69) is 28.8 Å². The van der Waals surface area contributed by atoms with Crippen molar-refractivity contribution >= 4 is 5.97 Å². The molecule has 18 heavy (non-hydrogen) atoms. The Morgan fingerprint density at radius 1 is 1.22 bits per heavy atom. The maximum Gasteiger partial charge on any atom is 0.310 e. The third-order valence-corrected chi connectivity index (χ3v) is 2.72. The van der Waals surface area contributed by atoms with Crippen LogP contribution < -0.4 is 0 Å². The summed E-state index contributed by atoms with van der Waals surface area (Å²) in [6.45, 7) is 2.05. The van der Waals surface area contributed by atoms with Crippen LogP contribution in [0.5, 0.6) is 0 Å². The molecule has 0 radical (unpaired) electrons. The molecule has 1 aromatic heterocycles. The molecule has 92 valence electrons. The van der Waals surface area contributed by atoms with E-state index in [4.69, 9.17) is 0 Å². The van der Waals surface area contributed by atoms with E-state index in [0.29, 0.717) is 0 Å². The van der Waals surface area contributed by atoms with Gasteiger partial charge < -0.3 is 4.74 Å². The molecule has 0 bridgehead atoms. The Hall–Kier alpha value is -2.16. The Kier molecular flexibility index (Phi) is 3.72. The van der Waals surface area contributed by atoms with Crippen molar-refractivity contribution in [2.45, 2.75) is 13.3 Å². The molecule has 1 aromatic carbocycles. The van der Waals surface area contributed by atoms with Gasteiger partial charge in [-0.1, -0.05) is 29.8 Å². The van der Waals surface area contributed by atoms with Crippen LogP contribution in [0.3, 0.4) is 0 Å². The molecular formula is C15H15NO2. The van der Waals surface area contributed by atoms with Crippen LogP contribution in [0.4, 0.5) is 0 Å². The number of ether oxygens (including phenoxy) is 1. The Labute approximate surface area is 106 Å². The number of carbonyl (C=O) groups is 1. The highest BCUT2D eigenvalue weighted by molar-refractivity contribution is 5.73. The standard InChI is InChI=1S/C15H15NO2/c1-11-4-3-5-13(6-11)14-7-12(9-16-10-14)8-15(17)18-2/h3-7,9-10H,8H2,1-2H3. The summed E-state index contributed by atoms with van der Waals surface area (Å²) in [4.78, 5) is 15.4. The van der Waals surface area contributed by atoms with Gasteiger partial charge in [0.05, 0.1) is 13.5 Å². The summed E-state index contributed by atoms with van der Waals surface area (Å²) in [5.74, 6) is -0.252. The van der Waals surface area contributed by atoms with Crippen LogP contribution in [0.1, 0.15) is 11.1 Å². The molecule has 2 aromatic rings. The predicted molar refractivity (Wildman–Crippen MR) is 70.1 cm³/mol. The van der Waals surface area contributed by atoms with Gasteiger partial charge in [-0.15, -0.1) is 0 Å². The van der Waals surface area contributed by atoms with Crippen LogP contribution in [0.25, 0.3) is 11.1 Å². The average Bonchev–Trinajstić information content (AvgIpc) is 2.39. The summed E-state index contributed by atoms with van der Waals surface area (Å²) in [6.07, 6.45) is 3.74. The number of benzene rings is 1. The molecule has 2 rings (SSSR count). The van der Waals surface area contributed by atoms with Crippen LogP contribution in [0.15, 0.2) is 42.7 Å². The van der Waals surface area contributed by atoms with Crippen molar-refractivity contribution in [1.29, 1.82) is 0 Å². The van der Waals surface area contributed by atoms with Crippen molar-refractivity contribution in [3.8, 4) is 11.1 Å². The molecule has 3 nitrogen and oxygen atoms in total. The molecule has 0 unspecified atom stereocenters. The zero-order valence-electron chi connectivity index (χ0n) is 10.5. The molecule has 0 aliphatic heterocycles. The van der Waals surface area contributed by atoms with Crippen LogP contribution in [-0.4, -0.2) is 18.1 Å². The number of carbonyl (C=O) groups excluding carboxylic acids is 1. The molecule has 0 saturated carbocycles. The van der Waals surface area contributed by atoms with Crippen molar-refractivity contribution in [3.63, 3.8) is 0 Å². The third kappa shape index (κ3) is 2.94. The van der Waals surface area contributed by atoms with Gasteiger partial charge in [-0.2, -0.15) is 0 Å². The highest BCUT2D eigenvalue weighted by Gasteiger charge is 2.05. The second kappa shape index (κ2) is 5.45. The normalized spacial score (nSPS) is 10.1. The molecule has 0 N–H and O–H groups in total. The van der Waals surface area contributed by atoms with Gasteiger partial charge in [-0.05, 0) is 24.1 Å². The fraction of sp³-hybridized carbons (Fsp3) is 0.200. The first-order chi connectivity index (χ1) is 8.69. The van der Waals surface area contributed by atoms with E-state index in [9.17, 15) is 4.79 Å². The van der Waals surface area contributed by atoms with Gasteiger partial charge in [0.1, 0.15) is 0 Å². The first-order valence-corrected chi connectivity index (χ1v) is 5.77. The van der Waals surface area contributed by atoms with Crippen LogP contribution in [0.2, 0.25) is 0 Å². The fourth-order valence-corrected chi connectivity index (χ4v) is 1.81. The van der Waals surface area contributed by atoms with E-state index >= 15 is 0 Å². The zero-order chi connectivity index (χ0) is 13.0. The lowest BCUT2D eigenvalue weighted by Gasteiger charge is -2.05. The third-order valence-electron chi connectivity index (χ3n) is 2.72. The average molecular weight is 241 g/mol. The van der Waals surface area contributed by atoms with Crippen molar-refractivity contribution in [3.05, 3.63) is 53.9 Å². The highest BCUT2D eigenvalue weighted by atomic mass is 16.5. The molecule has 0 amide bonds. The maximum atomic E-state index is 11.2. The van der Waals surface area contributed by atoms with E-state index in [1.807, 2.05) is 18.2 Å². The molecule has 0 aliphatic carbocycles. The summed E-state index contributed by atoms with van der Waals surface area (Å²) in [5, 5.41) is 0. The highest BCUT2D eigenvalue weighted by Crippen LogP contribution is 2.20. The minimum atomic E-state index is -0.252. The second-order valence-electron chi connectivity index (χ2n) is 4.20. The SMILES string of the molecule is COC(=O)Cc1cncc(-c2cccc(C)c2)c1. The molecule has 1 heterocycles. The molecule has 0 aliphatic rings. The number of rotatable bonds is 3. The van der Waals surface area contributed by atoms with Crippen LogP contribution in [-0.2, 0) is 16.0 Å². The van der Waals surface area contributed by atoms with E-state index in [0.717, 1.165) is 16.7 Å². The Morgan fingerprint density at radius 3 is 2.78 bits per heavy atom. The lowest BCUT2D eigenvalue weighted by molar-refractivity contribution is -0.139. The van der Waals surface area contributed by atoms with Gasteiger partial charge in [0.15, 0.2) is 0 Å². The van der Waals surface area contributed by atoms with Gasteiger partial charge in [0, 0.05) is 18.0 Å². The van der Waals surface area contributed by atoms with E-state index in [1.54, 1.807) is 12.4 Å². The van der Waals surface area contributed by atoms with Gasteiger partial charge in [-0.25, -0.2) is 0 Å². The van der Waals surface area contributed by atoms with Crippen molar-refractivity contribution < 1.29 is 9.53 Å². The smallest absolute Gasteiger partial charge is 0.310 e. The number of hydrogen-bond donors (Lipinski definition) is 0. The van der Waals surface area contributed by atoms with Gasteiger partial charge in [0.2, 0.25) is 0 Å². The summed E-state index contributed by atoms with van der Waals surface area (Å²) in [7, 11) is 1.39. The van der Waals surface area contributed by atoms with E-state index in [1.165, 1.54) is 12.7 Å². The Balaban J connectivity index is 2.29. The monoisotopic (exact) mass is 241 g/mol. The minimum Gasteiger partial charge on any atom is -0.469 e. The van der Waals surface area contributed by atoms with Gasteiger partial charge in [0.25, 0.3) is 0 Å². The second-order valence-corrected chi connectivity index (χ2v) is 4.20. The summed E-state index contributed by atoms with van der Waals surface area (Å²) >= 11 is 0. The lowest BCUT2D eigenvalue weighted by atomic mass is 10.0. The molecule has 0 atom stereocenters. The van der Waals surface area contributed by atoms with Crippen LogP contribution >= 0.6 is 0 Å². The van der Waals surface area contributed by atoms with Gasteiger partial charge >= 0.3 is 5.97 Å². The fourth-order valence-electron chi connectivity index (χ4n) is 1.81. The number of nitrogens with zero attached hydrogens (tertiary/aromatic N) is 1.